The maximum atomic E-state index is 13.2. The number of carbonyl (C=O) groups is 1. The third-order valence-electron chi connectivity index (χ3n) is 5.10. The van der Waals surface area contributed by atoms with Crippen LogP contribution in [0.1, 0.15) is 19.3 Å². The van der Waals surface area contributed by atoms with Gasteiger partial charge in [0.2, 0.25) is 10.0 Å². The number of aromatic nitrogens is 2. The second-order valence-electron chi connectivity index (χ2n) is 7.22. The molecule has 1 aliphatic rings. The molecule has 2 N–H and O–H groups in total. The van der Waals surface area contributed by atoms with Crippen LogP contribution in [0.5, 0.6) is 0 Å². The van der Waals surface area contributed by atoms with E-state index in [9.17, 15) is 22.8 Å². The molecule has 0 saturated carbocycles. The van der Waals surface area contributed by atoms with Crippen molar-refractivity contribution in [2.75, 3.05) is 18.4 Å². The van der Waals surface area contributed by atoms with Gasteiger partial charge < -0.3 is 15.2 Å². The van der Waals surface area contributed by atoms with Gasteiger partial charge in [-0.15, -0.1) is 0 Å². The van der Waals surface area contributed by atoms with Gasteiger partial charge in [-0.1, -0.05) is 24.6 Å². The number of hydrogen-bond acceptors (Lipinski definition) is 5. The lowest BCUT2D eigenvalue weighted by Gasteiger charge is -2.34. The lowest BCUT2D eigenvalue weighted by molar-refractivity contribution is 0.231. The van der Waals surface area contributed by atoms with Crippen LogP contribution in [-0.4, -0.2) is 47.0 Å². The lowest BCUT2D eigenvalue weighted by Crippen LogP contribution is -2.51. The van der Waals surface area contributed by atoms with Gasteiger partial charge >= 0.3 is 11.7 Å². The molecule has 1 fully saturated rings. The highest BCUT2D eigenvalue weighted by Gasteiger charge is 2.36. The van der Waals surface area contributed by atoms with Gasteiger partial charge in [0.05, 0.1) is 0 Å². The summed E-state index contributed by atoms with van der Waals surface area (Å²) in [6, 6.07) is 7.96. The van der Waals surface area contributed by atoms with Crippen molar-refractivity contribution in [3.8, 4) is 0 Å². The molecule has 1 aromatic carbocycles. The Labute approximate surface area is 174 Å². The second-order valence-corrected chi connectivity index (χ2v) is 9.08. The third kappa shape index (κ3) is 4.46. The Morgan fingerprint density at radius 1 is 1.13 bits per heavy atom. The number of amides is 2. The fourth-order valence-corrected chi connectivity index (χ4v) is 5.32. The van der Waals surface area contributed by atoms with Crippen molar-refractivity contribution in [1.29, 1.82) is 0 Å². The van der Waals surface area contributed by atoms with E-state index in [1.807, 2.05) is 6.07 Å². The molecule has 11 heteroatoms. The third-order valence-corrected chi connectivity index (χ3v) is 7.04. The van der Waals surface area contributed by atoms with Gasteiger partial charge in [0, 0.05) is 45.1 Å². The van der Waals surface area contributed by atoms with Crippen molar-refractivity contribution in [3.63, 3.8) is 0 Å². The molecule has 10 nitrogen and oxygen atoms in total. The number of benzene rings is 1. The number of urea groups is 1. The van der Waals surface area contributed by atoms with Crippen LogP contribution < -0.4 is 21.9 Å². The monoisotopic (exact) mass is 435 g/mol. The SMILES string of the molecule is Cn1cc(S(=O)(=O)N2CCCC[C@@H]2CNC(=O)Nc2ccccc2)c(=O)n(C)c1=O. The Morgan fingerprint density at radius 2 is 1.83 bits per heavy atom. The number of anilines is 1. The van der Waals surface area contributed by atoms with Crippen molar-refractivity contribution in [2.24, 2.45) is 14.1 Å². The van der Waals surface area contributed by atoms with E-state index in [0.29, 0.717) is 18.5 Å². The van der Waals surface area contributed by atoms with E-state index >= 15 is 0 Å². The van der Waals surface area contributed by atoms with Crippen molar-refractivity contribution in [1.82, 2.24) is 18.8 Å². The van der Waals surface area contributed by atoms with E-state index in [2.05, 4.69) is 10.6 Å². The summed E-state index contributed by atoms with van der Waals surface area (Å²) in [4.78, 5) is 36.1. The molecular formula is C19H25N5O5S. The van der Waals surface area contributed by atoms with Gasteiger partial charge in [0.15, 0.2) is 4.90 Å². The van der Waals surface area contributed by atoms with E-state index in [0.717, 1.165) is 21.8 Å². The van der Waals surface area contributed by atoms with E-state index < -0.39 is 38.2 Å². The topological polar surface area (TPSA) is 123 Å². The molecule has 2 amide bonds. The zero-order valence-corrected chi connectivity index (χ0v) is 17.7. The molecule has 1 aliphatic heterocycles. The first kappa shape index (κ1) is 21.8. The summed E-state index contributed by atoms with van der Waals surface area (Å²) >= 11 is 0. The van der Waals surface area contributed by atoms with Gasteiger partial charge in [0.25, 0.3) is 5.56 Å². The normalized spacial score (nSPS) is 17.5. The summed E-state index contributed by atoms with van der Waals surface area (Å²) in [6.45, 7) is 0.338. The molecule has 0 spiro atoms. The maximum Gasteiger partial charge on any atom is 0.330 e. The molecule has 2 heterocycles. The van der Waals surface area contributed by atoms with Crippen molar-refractivity contribution in [3.05, 3.63) is 57.4 Å². The quantitative estimate of drug-likeness (QED) is 0.706. The number of para-hydroxylation sites is 1. The summed E-state index contributed by atoms with van der Waals surface area (Å²) in [7, 11) is -1.51. The predicted octanol–water partition coefficient (Wildman–Crippen LogP) is 0.449. The van der Waals surface area contributed by atoms with Crippen LogP contribution in [0.15, 0.2) is 51.0 Å². The Kier molecular flexibility index (Phi) is 6.42. The Hall–Kier alpha value is -2.92. The highest BCUT2D eigenvalue weighted by Crippen LogP contribution is 2.23. The van der Waals surface area contributed by atoms with Gasteiger partial charge in [-0.3, -0.25) is 9.36 Å². The first-order valence-electron chi connectivity index (χ1n) is 9.60. The van der Waals surface area contributed by atoms with Crippen LogP contribution in [0.2, 0.25) is 0 Å². The summed E-state index contributed by atoms with van der Waals surface area (Å²) in [5.41, 5.74) is -0.845. The number of carbonyl (C=O) groups excluding carboxylic acids is 1. The first-order chi connectivity index (χ1) is 14.2. The number of nitrogens with zero attached hydrogens (tertiary/aromatic N) is 3. The molecule has 2 aromatic rings. The molecule has 162 valence electrons. The molecular weight excluding hydrogens is 410 g/mol. The molecule has 1 aromatic heterocycles. The van der Waals surface area contributed by atoms with E-state index in [1.165, 1.54) is 18.4 Å². The van der Waals surface area contributed by atoms with Gasteiger partial charge in [0.1, 0.15) is 0 Å². The highest BCUT2D eigenvalue weighted by molar-refractivity contribution is 7.89. The zero-order valence-electron chi connectivity index (χ0n) is 16.9. The fraction of sp³-hybridized carbons (Fsp3) is 0.421. The molecule has 1 atom stereocenters. The van der Waals surface area contributed by atoms with Crippen molar-refractivity contribution < 1.29 is 13.2 Å². The minimum Gasteiger partial charge on any atom is -0.336 e. The van der Waals surface area contributed by atoms with Gasteiger partial charge in [-0.2, -0.15) is 4.31 Å². The largest absolute Gasteiger partial charge is 0.336 e. The minimum absolute atomic E-state index is 0.101. The highest BCUT2D eigenvalue weighted by atomic mass is 32.2. The van der Waals surface area contributed by atoms with Crippen molar-refractivity contribution in [2.45, 2.75) is 30.2 Å². The van der Waals surface area contributed by atoms with Gasteiger partial charge in [-0.05, 0) is 25.0 Å². The van der Waals surface area contributed by atoms with Crippen LogP contribution in [-0.2, 0) is 24.1 Å². The van der Waals surface area contributed by atoms with Crippen LogP contribution in [0.3, 0.4) is 0 Å². The molecule has 0 aliphatic carbocycles. The Morgan fingerprint density at radius 3 is 2.53 bits per heavy atom. The van der Waals surface area contributed by atoms with E-state index in [-0.39, 0.29) is 13.1 Å². The van der Waals surface area contributed by atoms with E-state index in [4.69, 9.17) is 0 Å². The number of aryl methyl sites for hydroxylation is 1. The predicted molar refractivity (Wildman–Crippen MR) is 112 cm³/mol. The second kappa shape index (κ2) is 8.84. The van der Waals surface area contributed by atoms with E-state index in [1.54, 1.807) is 24.3 Å². The molecule has 0 radical (unpaired) electrons. The number of rotatable bonds is 5. The van der Waals surface area contributed by atoms with Crippen LogP contribution in [0, 0.1) is 0 Å². The molecule has 0 unspecified atom stereocenters. The number of hydrogen-bond donors (Lipinski definition) is 2. The molecule has 30 heavy (non-hydrogen) atoms. The maximum absolute atomic E-state index is 13.2. The summed E-state index contributed by atoms with van der Waals surface area (Å²) in [5.74, 6) is 0. The Balaban J connectivity index is 1.79. The summed E-state index contributed by atoms with van der Waals surface area (Å²) in [6.07, 6.45) is 3.07. The smallest absolute Gasteiger partial charge is 0.330 e. The molecule has 3 rings (SSSR count). The standard InChI is InChI=1S/C19H25N5O5S/c1-22-13-16(17(25)23(2)19(22)27)30(28,29)24-11-7-6-10-15(24)12-20-18(26)21-14-8-4-3-5-9-14/h3-5,8-9,13,15H,6-7,10-12H2,1-2H3,(H2,20,21,26)/t15-/m1/s1. The number of sulfonamides is 1. The zero-order chi connectivity index (χ0) is 21.9. The summed E-state index contributed by atoms with van der Waals surface area (Å²) < 4.78 is 29.6. The van der Waals surface area contributed by atoms with Crippen LogP contribution in [0.25, 0.3) is 0 Å². The minimum atomic E-state index is -4.14. The van der Waals surface area contributed by atoms with Gasteiger partial charge in [-0.25, -0.2) is 18.0 Å². The van der Waals surface area contributed by atoms with Crippen LogP contribution in [0.4, 0.5) is 10.5 Å². The number of nitrogens with one attached hydrogen (secondary N) is 2. The average Bonchev–Trinajstić information content (AvgIpc) is 2.74. The molecule has 1 saturated heterocycles. The average molecular weight is 436 g/mol. The molecule has 0 bridgehead atoms. The first-order valence-corrected chi connectivity index (χ1v) is 11.0. The fourth-order valence-electron chi connectivity index (χ4n) is 3.48. The van der Waals surface area contributed by atoms with Crippen LogP contribution >= 0.6 is 0 Å². The Bertz CT molecular complexity index is 1140. The number of piperidine rings is 1. The summed E-state index contributed by atoms with van der Waals surface area (Å²) in [5, 5.41) is 5.39. The van der Waals surface area contributed by atoms with Crippen molar-refractivity contribution >= 4 is 21.7 Å². The lowest BCUT2D eigenvalue weighted by atomic mass is 10.1.